The van der Waals surface area contributed by atoms with Crippen LogP contribution in [-0.2, 0) is 6.54 Å². The lowest BCUT2D eigenvalue weighted by Crippen LogP contribution is -2.35. The number of carbonyl (C=O) groups is 1. The first kappa shape index (κ1) is 15.1. The molecule has 3 rings (SSSR count). The largest absolute Gasteiger partial charge is 0.337 e. The number of rotatable bonds is 3. The molecule has 0 aliphatic carbocycles. The molecule has 2 aromatic heterocycles. The van der Waals surface area contributed by atoms with Crippen molar-refractivity contribution < 1.29 is 4.79 Å². The molecule has 1 saturated heterocycles. The molecule has 0 radical (unpaired) electrons. The van der Waals surface area contributed by atoms with Gasteiger partial charge in [-0.2, -0.15) is 0 Å². The van der Waals surface area contributed by atoms with Crippen LogP contribution in [0.5, 0.6) is 0 Å². The number of pyridine rings is 1. The maximum absolute atomic E-state index is 12.5. The van der Waals surface area contributed by atoms with Gasteiger partial charge in [-0.05, 0) is 37.0 Å². The summed E-state index contributed by atoms with van der Waals surface area (Å²) in [5, 5.41) is 3.93. The highest BCUT2D eigenvalue weighted by atomic mass is 32.1. The lowest BCUT2D eigenvalue weighted by atomic mass is 10.3. The topological polar surface area (TPSA) is 62.2 Å². The van der Waals surface area contributed by atoms with Crippen LogP contribution < -0.4 is 0 Å². The van der Waals surface area contributed by atoms with Gasteiger partial charge in [-0.25, -0.2) is 0 Å². The Morgan fingerprint density at radius 1 is 1.27 bits per heavy atom. The molecule has 2 aromatic rings. The van der Waals surface area contributed by atoms with E-state index in [2.05, 4.69) is 19.5 Å². The number of nitrogens with zero attached hydrogens (tertiary/aromatic N) is 5. The maximum Gasteiger partial charge on any atom is 0.267 e. The van der Waals surface area contributed by atoms with Gasteiger partial charge in [0.1, 0.15) is 4.88 Å². The molecule has 7 heteroatoms. The lowest BCUT2D eigenvalue weighted by Gasteiger charge is -2.21. The second-order valence-electron chi connectivity index (χ2n) is 5.43. The van der Waals surface area contributed by atoms with Gasteiger partial charge in [0, 0.05) is 38.9 Å². The number of hydrogen-bond donors (Lipinski definition) is 0. The summed E-state index contributed by atoms with van der Waals surface area (Å²) in [6.45, 7) is 6.05. The van der Waals surface area contributed by atoms with E-state index >= 15 is 0 Å². The molecular formula is C15H19N5OS. The highest BCUT2D eigenvalue weighted by molar-refractivity contribution is 7.07. The van der Waals surface area contributed by atoms with E-state index in [1.54, 1.807) is 0 Å². The minimum absolute atomic E-state index is 0.0622. The molecule has 1 fully saturated rings. The predicted molar refractivity (Wildman–Crippen MR) is 84.7 cm³/mol. The molecule has 116 valence electrons. The van der Waals surface area contributed by atoms with Crippen molar-refractivity contribution in [1.82, 2.24) is 24.4 Å². The molecule has 0 aromatic carbocycles. The normalized spacial score (nSPS) is 16.5. The fraction of sp³-hybridized carbons (Fsp3) is 0.467. The van der Waals surface area contributed by atoms with Crippen LogP contribution in [0.4, 0.5) is 0 Å². The van der Waals surface area contributed by atoms with Crippen molar-refractivity contribution in [3.63, 3.8) is 0 Å². The Hall–Kier alpha value is -1.86. The molecule has 0 bridgehead atoms. The molecule has 1 aliphatic heterocycles. The molecule has 0 unspecified atom stereocenters. The predicted octanol–water partition coefficient (Wildman–Crippen LogP) is 1.59. The van der Waals surface area contributed by atoms with E-state index in [1.807, 2.05) is 36.2 Å². The van der Waals surface area contributed by atoms with Gasteiger partial charge in [-0.15, -0.1) is 5.10 Å². The minimum Gasteiger partial charge on any atom is -0.337 e. The highest BCUT2D eigenvalue weighted by Crippen LogP contribution is 2.15. The van der Waals surface area contributed by atoms with E-state index in [9.17, 15) is 4.79 Å². The van der Waals surface area contributed by atoms with Crippen LogP contribution in [0, 0.1) is 6.92 Å². The molecule has 0 spiro atoms. The fourth-order valence-electron chi connectivity index (χ4n) is 2.62. The van der Waals surface area contributed by atoms with Gasteiger partial charge in [-0.1, -0.05) is 10.6 Å². The van der Waals surface area contributed by atoms with E-state index in [1.165, 1.54) is 11.5 Å². The Bertz CT molecular complexity index is 630. The summed E-state index contributed by atoms with van der Waals surface area (Å²) in [5.41, 5.74) is 1.80. The quantitative estimate of drug-likeness (QED) is 0.860. The summed E-state index contributed by atoms with van der Waals surface area (Å²) in [6, 6.07) is 5.98. The van der Waals surface area contributed by atoms with Crippen molar-refractivity contribution in [2.24, 2.45) is 0 Å². The molecule has 1 amide bonds. The second kappa shape index (κ2) is 6.93. The maximum atomic E-state index is 12.5. The van der Waals surface area contributed by atoms with E-state index in [0.29, 0.717) is 4.88 Å². The van der Waals surface area contributed by atoms with Gasteiger partial charge in [0.05, 0.1) is 11.4 Å². The number of aromatic nitrogens is 3. The Kier molecular flexibility index (Phi) is 4.74. The highest BCUT2D eigenvalue weighted by Gasteiger charge is 2.23. The number of aryl methyl sites for hydroxylation is 1. The van der Waals surface area contributed by atoms with E-state index in [4.69, 9.17) is 0 Å². The lowest BCUT2D eigenvalue weighted by molar-refractivity contribution is 0.0765. The zero-order chi connectivity index (χ0) is 15.4. The first-order valence-corrected chi connectivity index (χ1v) is 8.22. The number of amides is 1. The second-order valence-corrected chi connectivity index (χ2v) is 6.18. The Balaban J connectivity index is 1.60. The van der Waals surface area contributed by atoms with Crippen molar-refractivity contribution in [1.29, 1.82) is 0 Å². The van der Waals surface area contributed by atoms with Crippen LogP contribution in [-0.4, -0.2) is 56.5 Å². The van der Waals surface area contributed by atoms with Crippen LogP contribution in [0.3, 0.4) is 0 Å². The molecule has 22 heavy (non-hydrogen) atoms. The van der Waals surface area contributed by atoms with Crippen LogP contribution in [0.25, 0.3) is 0 Å². The first-order valence-electron chi connectivity index (χ1n) is 7.44. The summed E-state index contributed by atoms with van der Waals surface area (Å²) in [4.78, 5) is 21.8. The van der Waals surface area contributed by atoms with Crippen molar-refractivity contribution >= 4 is 17.4 Å². The molecule has 0 N–H and O–H groups in total. The van der Waals surface area contributed by atoms with Crippen LogP contribution in [0.2, 0.25) is 0 Å². The fourth-order valence-corrected chi connectivity index (χ4v) is 3.25. The molecule has 1 aliphatic rings. The van der Waals surface area contributed by atoms with Crippen LogP contribution in [0.1, 0.15) is 27.5 Å². The Morgan fingerprint density at radius 2 is 2.18 bits per heavy atom. The molecule has 3 heterocycles. The summed E-state index contributed by atoms with van der Waals surface area (Å²) in [7, 11) is 0. The average Bonchev–Trinajstić information content (AvgIpc) is 2.82. The van der Waals surface area contributed by atoms with Gasteiger partial charge in [-0.3, -0.25) is 14.7 Å². The molecule has 0 atom stereocenters. The smallest absolute Gasteiger partial charge is 0.267 e. The third kappa shape index (κ3) is 3.48. The molecule has 0 saturated carbocycles. The van der Waals surface area contributed by atoms with Gasteiger partial charge in [0.15, 0.2) is 0 Å². The van der Waals surface area contributed by atoms with E-state index in [-0.39, 0.29) is 5.91 Å². The zero-order valence-electron chi connectivity index (χ0n) is 12.6. The Labute approximate surface area is 133 Å². The SMILES string of the molecule is Cc1nnsc1C(=O)N1CCCN(Cc2ccccn2)CC1. The zero-order valence-corrected chi connectivity index (χ0v) is 13.4. The molecule has 6 nitrogen and oxygen atoms in total. The van der Waals surface area contributed by atoms with Gasteiger partial charge < -0.3 is 4.90 Å². The first-order chi connectivity index (χ1) is 10.7. The third-order valence-corrected chi connectivity index (χ3v) is 4.65. The number of carbonyl (C=O) groups excluding carboxylic acids is 1. The average molecular weight is 317 g/mol. The van der Waals surface area contributed by atoms with Crippen LogP contribution >= 0.6 is 11.5 Å². The van der Waals surface area contributed by atoms with Crippen molar-refractivity contribution in [2.45, 2.75) is 19.9 Å². The molecular weight excluding hydrogens is 298 g/mol. The van der Waals surface area contributed by atoms with Crippen molar-refractivity contribution in [3.05, 3.63) is 40.7 Å². The Morgan fingerprint density at radius 3 is 2.91 bits per heavy atom. The summed E-state index contributed by atoms with van der Waals surface area (Å²) in [5.74, 6) is 0.0622. The summed E-state index contributed by atoms with van der Waals surface area (Å²) >= 11 is 1.19. The summed E-state index contributed by atoms with van der Waals surface area (Å²) < 4.78 is 3.86. The minimum atomic E-state index is 0.0622. The number of hydrogen-bond acceptors (Lipinski definition) is 6. The van der Waals surface area contributed by atoms with E-state index < -0.39 is 0 Å². The van der Waals surface area contributed by atoms with Gasteiger partial charge in [0.25, 0.3) is 5.91 Å². The monoisotopic (exact) mass is 317 g/mol. The standard InChI is InChI=1S/C15H19N5OS/c1-12-14(22-18-17-12)15(21)20-8-4-7-19(9-10-20)11-13-5-2-3-6-16-13/h2-3,5-6H,4,7-11H2,1H3. The van der Waals surface area contributed by atoms with Crippen molar-refractivity contribution in [3.8, 4) is 0 Å². The van der Waals surface area contributed by atoms with Crippen molar-refractivity contribution in [2.75, 3.05) is 26.2 Å². The third-order valence-electron chi connectivity index (χ3n) is 3.83. The van der Waals surface area contributed by atoms with Gasteiger partial charge >= 0.3 is 0 Å². The van der Waals surface area contributed by atoms with Crippen LogP contribution in [0.15, 0.2) is 24.4 Å². The van der Waals surface area contributed by atoms with Gasteiger partial charge in [0.2, 0.25) is 0 Å². The van der Waals surface area contributed by atoms with E-state index in [0.717, 1.165) is 50.5 Å². The summed E-state index contributed by atoms with van der Waals surface area (Å²) in [6.07, 6.45) is 2.80.